The van der Waals surface area contributed by atoms with Crippen LogP contribution < -0.4 is 0 Å². The van der Waals surface area contributed by atoms with E-state index in [0.29, 0.717) is 17.2 Å². The van der Waals surface area contributed by atoms with Crippen LogP contribution in [0.15, 0.2) is 4.42 Å². The molecule has 0 aromatic carbocycles. The van der Waals surface area contributed by atoms with E-state index in [2.05, 4.69) is 24.0 Å². The maximum Gasteiger partial charge on any atom is 0.234 e. The first-order chi connectivity index (χ1) is 6.00. The molecule has 4 heteroatoms. The highest BCUT2D eigenvalue weighted by atomic mass is 35.5. The minimum Gasteiger partial charge on any atom is -0.423 e. The van der Waals surface area contributed by atoms with E-state index in [0.717, 1.165) is 12.3 Å². The van der Waals surface area contributed by atoms with E-state index >= 15 is 0 Å². The molecule has 2 atom stereocenters. The second-order valence-electron chi connectivity index (χ2n) is 4.34. The van der Waals surface area contributed by atoms with Crippen molar-refractivity contribution in [2.75, 3.05) is 0 Å². The van der Waals surface area contributed by atoms with Crippen LogP contribution in [0.5, 0.6) is 0 Å². The van der Waals surface area contributed by atoms with Crippen molar-refractivity contribution in [2.24, 2.45) is 5.41 Å². The summed E-state index contributed by atoms with van der Waals surface area (Å²) < 4.78 is 5.45. The molecule has 0 amide bonds. The molecule has 0 aliphatic heterocycles. The van der Waals surface area contributed by atoms with Crippen molar-refractivity contribution >= 4 is 11.6 Å². The molecule has 2 rings (SSSR count). The molecular weight excluding hydrogens is 188 g/mol. The van der Waals surface area contributed by atoms with Gasteiger partial charge in [-0.05, 0) is 18.8 Å². The highest BCUT2D eigenvalue weighted by Gasteiger charge is 2.50. The molecule has 0 N–H and O–H groups in total. The fourth-order valence-corrected chi connectivity index (χ4v) is 1.53. The third-order valence-corrected chi connectivity index (χ3v) is 2.79. The molecule has 3 nitrogen and oxygen atoms in total. The average molecular weight is 201 g/mol. The molecule has 1 heterocycles. The fourth-order valence-electron chi connectivity index (χ4n) is 1.44. The van der Waals surface area contributed by atoms with Gasteiger partial charge in [0.25, 0.3) is 0 Å². The number of aromatic nitrogens is 2. The smallest absolute Gasteiger partial charge is 0.234 e. The Morgan fingerprint density at radius 1 is 1.54 bits per heavy atom. The zero-order valence-electron chi connectivity index (χ0n) is 8.04. The molecule has 0 saturated heterocycles. The lowest BCUT2D eigenvalue weighted by molar-refractivity contribution is 0.433. The van der Waals surface area contributed by atoms with Gasteiger partial charge in [0.1, 0.15) is 5.38 Å². The highest BCUT2D eigenvalue weighted by Crippen LogP contribution is 2.58. The van der Waals surface area contributed by atoms with Crippen LogP contribution in [0.2, 0.25) is 0 Å². The van der Waals surface area contributed by atoms with Gasteiger partial charge in [0.2, 0.25) is 11.8 Å². The minimum absolute atomic E-state index is 0.192. The Morgan fingerprint density at radius 2 is 2.15 bits per heavy atom. The summed E-state index contributed by atoms with van der Waals surface area (Å²) in [5, 5.41) is 7.70. The van der Waals surface area contributed by atoms with E-state index in [4.69, 9.17) is 16.0 Å². The van der Waals surface area contributed by atoms with Crippen molar-refractivity contribution < 1.29 is 4.42 Å². The molecule has 1 saturated carbocycles. The van der Waals surface area contributed by atoms with Crippen molar-refractivity contribution in [3.8, 4) is 0 Å². The second-order valence-corrected chi connectivity index (χ2v) is 4.99. The van der Waals surface area contributed by atoms with E-state index in [1.54, 1.807) is 0 Å². The maximum absolute atomic E-state index is 5.82. The minimum atomic E-state index is -0.192. The quantitative estimate of drug-likeness (QED) is 0.690. The van der Waals surface area contributed by atoms with Gasteiger partial charge in [-0.25, -0.2) is 0 Å². The van der Waals surface area contributed by atoms with Crippen LogP contribution in [0.25, 0.3) is 0 Å². The van der Waals surface area contributed by atoms with Crippen molar-refractivity contribution in [2.45, 2.75) is 38.5 Å². The standard InChI is InChI=1S/C9H13ClN2O/c1-5(10)7-11-12-8(13-7)6-4-9(6,2)3/h5-6H,4H2,1-3H3. The SMILES string of the molecule is CC(Cl)c1nnc(C2CC2(C)C)o1. The summed E-state index contributed by atoms with van der Waals surface area (Å²) >= 11 is 5.82. The predicted molar refractivity (Wildman–Crippen MR) is 49.7 cm³/mol. The van der Waals surface area contributed by atoms with Gasteiger partial charge >= 0.3 is 0 Å². The number of halogens is 1. The first-order valence-electron chi connectivity index (χ1n) is 4.48. The van der Waals surface area contributed by atoms with E-state index in [-0.39, 0.29) is 5.38 Å². The largest absolute Gasteiger partial charge is 0.423 e. The van der Waals surface area contributed by atoms with Gasteiger partial charge in [-0.1, -0.05) is 13.8 Å². The summed E-state index contributed by atoms with van der Waals surface area (Å²) in [7, 11) is 0. The lowest BCUT2D eigenvalue weighted by Crippen LogP contribution is -1.89. The second kappa shape index (κ2) is 2.71. The maximum atomic E-state index is 5.82. The van der Waals surface area contributed by atoms with Crippen molar-refractivity contribution in [1.82, 2.24) is 10.2 Å². The lowest BCUT2D eigenvalue weighted by Gasteiger charge is -1.97. The number of alkyl halides is 1. The van der Waals surface area contributed by atoms with Crippen LogP contribution in [0.4, 0.5) is 0 Å². The molecule has 1 aliphatic carbocycles. The van der Waals surface area contributed by atoms with E-state index in [1.807, 2.05) is 6.92 Å². The van der Waals surface area contributed by atoms with Crippen LogP contribution in [-0.4, -0.2) is 10.2 Å². The monoisotopic (exact) mass is 200 g/mol. The number of rotatable bonds is 2. The van der Waals surface area contributed by atoms with Crippen LogP contribution >= 0.6 is 11.6 Å². The Balaban J connectivity index is 2.16. The molecule has 1 fully saturated rings. The summed E-state index contributed by atoms with van der Waals surface area (Å²) in [6, 6.07) is 0. The summed E-state index contributed by atoms with van der Waals surface area (Å²) in [4.78, 5) is 0. The third-order valence-electron chi connectivity index (χ3n) is 2.61. The highest BCUT2D eigenvalue weighted by molar-refractivity contribution is 6.20. The molecule has 72 valence electrons. The zero-order valence-corrected chi connectivity index (χ0v) is 8.80. The lowest BCUT2D eigenvalue weighted by atomic mass is 10.1. The van der Waals surface area contributed by atoms with Gasteiger partial charge in [-0.3, -0.25) is 0 Å². The van der Waals surface area contributed by atoms with E-state index < -0.39 is 0 Å². The summed E-state index contributed by atoms with van der Waals surface area (Å²) in [5.74, 6) is 1.70. The molecule has 1 aromatic rings. The predicted octanol–water partition coefficient (Wildman–Crippen LogP) is 2.88. The van der Waals surface area contributed by atoms with Crippen molar-refractivity contribution in [1.29, 1.82) is 0 Å². The molecule has 1 aliphatic rings. The van der Waals surface area contributed by atoms with E-state index in [9.17, 15) is 0 Å². The zero-order chi connectivity index (χ0) is 9.64. The van der Waals surface area contributed by atoms with Crippen molar-refractivity contribution in [3.05, 3.63) is 11.8 Å². The van der Waals surface area contributed by atoms with E-state index in [1.165, 1.54) is 0 Å². The van der Waals surface area contributed by atoms with Gasteiger partial charge in [0.15, 0.2) is 0 Å². The Kier molecular flexibility index (Phi) is 1.88. The Labute approximate surface area is 82.5 Å². The van der Waals surface area contributed by atoms with Crippen LogP contribution in [0.1, 0.15) is 50.3 Å². The molecule has 0 radical (unpaired) electrons. The molecule has 0 bridgehead atoms. The normalized spacial score (nSPS) is 27.2. The summed E-state index contributed by atoms with van der Waals surface area (Å²) in [5.41, 5.74) is 0.333. The fraction of sp³-hybridized carbons (Fsp3) is 0.778. The molecule has 1 aromatic heterocycles. The first-order valence-corrected chi connectivity index (χ1v) is 4.92. The number of nitrogens with zero attached hydrogens (tertiary/aromatic N) is 2. The summed E-state index contributed by atoms with van der Waals surface area (Å²) in [6.07, 6.45) is 1.13. The topological polar surface area (TPSA) is 38.9 Å². The van der Waals surface area contributed by atoms with Gasteiger partial charge in [-0.2, -0.15) is 0 Å². The van der Waals surface area contributed by atoms with Gasteiger partial charge in [0.05, 0.1) is 0 Å². The van der Waals surface area contributed by atoms with Gasteiger partial charge < -0.3 is 4.42 Å². The summed E-state index contributed by atoms with van der Waals surface area (Å²) in [6.45, 7) is 6.23. The van der Waals surface area contributed by atoms with Crippen LogP contribution in [0, 0.1) is 5.41 Å². The third kappa shape index (κ3) is 1.57. The molecule has 2 unspecified atom stereocenters. The Hall–Kier alpha value is -0.570. The average Bonchev–Trinajstić information content (AvgIpc) is 2.50. The number of hydrogen-bond donors (Lipinski definition) is 0. The first kappa shape index (κ1) is 9.00. The Morgan fingerprint density at radius 3 is 2.54 bits per heavy atom. The van der Waals surface area contributed by atoms with Crippen molar-refractivity contribution in [3.63, 3.8) is 0 Å². The molecular formula is C9H13ClN2O. The van der Waals surface area contributed by atoms with Gasteiger partial charge in [0, 0.05) is 5.92 Å². The molecule has 13 heavy (non-hydrogen) atoms. The Bertz CT molecular complexity index is 319. The van der Waals surface area contributed by atoms with Crippen LogP contribution in [0.3, 0.4) is 0 Å². The van der Waals surface area contributed by atoms with Crippen LogP contribution in [-0.2, 0) is 0 Å². The molecule has 0 spiro atoms. The number of hydrogen-bond acceptors (Lipinski definition) is 3. The van der Waals surface area contributed by atoms with Gasteiger partial charge in [-0.15, -0.1) is 21.8 Å².